The third-order valence-electron chi connectivity index (χ3n) is 2.64. The van der Waals surface area contributed by atoms with Gasteiger partial charge in [-0.1, -0.05) is 18.2 Å². The largest absolute Gasteiger partial charge is 0.506 e. The highest BCUT2D eigenvalue weighted by Gasteiger charge is 2.06. The minimum Gasteiger partial charge on any atom is -0.506 e. The first-order chi connectivity index (χ1) is 8.65. The van der Waals surface area contributed by atoms with Crippen LogP contribution < -0.4 is 0 Å². The van der Waals surface area contributed by atoms with E-state index in [2.05, 4.69) is 4.98 Å². The summed E-state index contributed by atoms with van der Waals surface area (Å²) in [4.78, 5) is 6.07. The first-order valence-electron chi connectivity index (χ1n) is 5.71. The van der Waals surface area contributed by atoms with Gasteiger partial charge in [0.1, 0.15) is 11.6 Å². The predicted molar refractivity (Wildman–Crippen MR) is 67.5 cm³/mol. The smallest absolute Gasteiger partial charge is 0.133 e. The van der Waals surface area contributed by atoms with Crippen LogP contribution in [-0.2, 0) is 13.1 Å². The molecule has 0 spiro atoms. The van der Waals surface area contributed by atoms with Gasteiger partial charge in [0.2, 0.25) is 0 Å². The number of hydrogen-bond acceptors (Lipinski definition) is 3. The van der Waals surface area contributed by atoms with E-state index in [1.807, 2.05) is 18.0 Å². The fourth-order valence-electron chi connectivity index (χ4n) is 1.76. The number of aromatic nitrogens is 1. The molecular weight excluding hydrogens is 231 g/mol. The van der Waals surface area contributed by atoms with Gasteiger partial charge in [-0.3, -0.25) is 9.88 Å². The number of benzene rings is 1. The molecule has 3 nitrogen and oxygen atoms in total. The molecule has 0 bridgehead atoms. The molecular formula is C14H15FN2O. The van der Waals surface area contributed by atoms with Crippen LogP contribution in [0.2, 0.25) is 0 Å². The van der Waals surface area contributed by atoms with Crippen LogP contribution in [0.15, 0.2) is 42.6 Å². The van der Waals surface area contributed by atoms with Crippen LogP contribution >= 0.6 is 0 Å². The van der Waals surface area contributed by atoms with E-state index in [1.54, 1.807) is 24.3 Å². The molecule has 0 unspecified atom stereocenters. The van der Waals surface area contributed by atoms with Crippen molar-refractivity contribution in [1.82, 2.24) is 9.88 Å². The normalized spacial score (nSPS) is 10.8. The maximum atomic E-state index is 13.5. The molecule has 0 atom stereocenters. The van der Waals surface area contributed by atoms with Gasteiger partial charge in [0, 0.05) is 18.7 Å². The summed E-state index contributed by atoms with van der Waals surface area (Å²) in [6, 6.07) is 10.1. The number of rotatable bonds is 4. The van der Waals surface area contributed by atoms with Crippen molar-refractivity contribution in [2.75, 3.05) is 7.05 Å². The third-order valence-corrected chi connectivity index (χ3v) is 2.64. The van der Waals surface area contributed by atoms with E-state index in [0.717, 1.165) is 5.69 Å². The monoisotopic (exact) mass is 246 g/mol. The number of pyridine rings is 1. The summed E-state index contributed by atoms with van der Waals surface area (Å²) in [7, 11) is 1.90. The molecule has 1 aromatic heterocycles. The predicted octanol–water partition coefficient (Wildman–Crippen LogP) is 2.56. The topological polar surface area (TPSA) is 36.4 Å². The SMILES string of the molecule is CN(Cc1ccc(O)cn1)Cc1ccccc1F. The molecule has 2 aromatic rings. The first-order valence-corrected chi connectivity index (χ1v) is 5.71. The van der Waals surface area contributed by atoms with Crippen LogP contribution in [0.5, 0.6) is 5.75 Å². The van der Waals surface area contributed by atoms with E-state index in [9.17, 15) is 4.39 Å². The lowest BCUT2D eigenvalue weighted by Crippen LogP contribution is -2.18. The molecule has 0 radical (unpaired) electrons. The summed E-state index contributed by atoms with van der Waals surface area (Å²) < 4.78 is 13.5. The lowest BCUT2D eigenvalue weighted by molar-refractivity contribution is 0.309. The molecule has 0 fully saturated rings. The molecule has 1 heterocycles. The Morgan fingerprint density at radius 3 is 2.61 bits per heavy atom. The van der Waals surface area contributed by atoms with Crippen molar-refractivity contribution in [3.63, 3.8) is 0 Å². The molecule has 2 rings (SSSR count). The Labute approximate surface area is 106 Å². The second-order valence-electron chi connectivity index (χ2n) is 4.27. The maximum Gasteiger partial charge on any atom is 0.133 e. The third kappa shape index (κ3) is 3.28. The Hall–Kier alpha value is -1.94. The van der Waals surface area contributed by atoms with Gasteiger partial charge in [0.25, 0.3) is 0 Å². The second kappa shape index (κ2) is 5.60. The summed E-state index contributed by atoms with van der Waals surface area (Å²) in [5.74, 6) is -0.0430. The molecule has 94 valence electrons. The quantitative estimate of drug-likeness (QED) is 0.900. The van der Waals surface area contributed by atoms with Gasteiger partial charge in [0.15, 0.2) is 0 Å². The summed E-state index contributed by atoms with van der Waals surface area (Å²) in [6.45, 7) is 1.13. The van der Waals surface area contributed by atoms with Gasteiger partial charge >= 0.3 is 0 Å². The number of nitrogens with zero attached hydrogens (tertiary/aromatic N) is 2. The van der Waals surface area contributed by atoms with E-state index >= 15 is 0 Å². The molecule has 0 saturated heterocycles. The van der Waals surface area contributed by atoms with Crippen LogP contribution in [0.4, 0.5) is 4.39 Å². The summed E-state index contributed by atoms with van der Waals surface area (Å²) in [6.07, 6.45) is 1.41. The van der Waals surface area contributed by atoms with Crippen LogP contribution in [0, 0.1) is 5.82 Å². The minimum atomic E-state index is -0.192. The number of aromatic hydroxyl groups is 1. The fraction of sp³-hybridized carbons (Fsp3) is 0.214. The first kappa shape index (κ1) is 12.5. The highest BCUT2D eigenvalue weighted by molar-refractivity contribution is 5.19. The molecule has 1 N–H and O–H groups in total. The Bertz CT molecular complexity index is 513. The van der Waals surface area contributed by atoms with Crippen molar-refractivity contribution in [1.29, 1.82) is 0 Å². The van der Waals surface area contributed by atoms with Crippen molar-refractivity contribution < 1.29 is 9.50 Å². The second-order valence-corrected chi connectivity index (χ2v) is 4.27. The highest BCUT2D eigenvalue weighted by atomic mass is 19.1. The Kier molecular flexibility index (Phi) is 3.89. The molecule has 0 aliphatic rings. The summed E-state index contributed by atoms with van der Waals surface area (Å²) >= 11 is 0. The zero-order chi connectivity index (χ0) is 13.0. The van der Waals surface area contributed by atoms with Gasteiger partial charge in [-0.15, -0.1) is 0 Å². The number of halogens is 1. The average molecular weight is 246 g/mol. The van der Waals surface area contributed by atoms with Crippen molar-refractivity contribution in [2.45, 2.75) is 13.1 Å². The summed E-state index contributed by atoms with van der Waals surface area (Å²) in [5.41, 5.74) is 1.51. The molecule has 0 aliphatic heterocycles. The van der Waals surface area contributed by atoms with Crippen LogP contribution in [0.25, 0.3) is 0 Å². The molecule has 0 aliphatic carbocycles. The highest BCUT2D eigenvalue weighted by Crippen LogP contribution is 2.12. The van der Waals surface area contributed by atoms with Crippen LogP contribution in [0.3, 0.4) is 0 Å². The summed E-state index contributed by atoms with van der Waals surface area (Å²) in [5, 5.41) is 9.14. The van der Waals surface area contributed by atoms with Gasteiger partial charge < -0.3 is 5.11 Å². The van der Waals surface area contributed by atoms with E-state index in [1.165, 1.54) is 12.3 Å². The molecule has 0 amide bonds. The van der Waals surface area contributed by atoms with Gasteiger partial charge in [-0.25, -0.2) is 4.39 Å². The minimum absolute atomic E-state index is 0.149. The Morgan fingerprint density at radius 2 is 1.94 bits per heavy atom. The van der Waals surface area contributed by atoms with Gasteiger partial charge in [-0.2, -0.15) is 0 Å². The van der Waals surface area contributed by atoms with E-state index in [-0.39, 0.29) is 11.6 Å². The van der Waals surface area contributed by atoms with E-state index < -0.39 is 0 Å². The zero-order valence-electron chi connectivity index (χ0n) is 10.2. The van der Waals surface area contributed by atoms with Crippen molar-refractivity contribution >= 4 is 0 Å². The standard InChI is InChI=1S/C14H15FN2O/c1-17(9-11-4-2-3-5-14(11)15)10-12-6-7-13(18)8-16-12/h2-8,18H,9-10H2,1H3. The van der Waals surface area contributed by atoms with Crippen LogP contribution in [-0.4, -0.2) is 22.0 Å². The average Bonchev–Trinajstić information content (AvgIpc) is 2.35. The van der Waals surface area contributed by atoms with E-state index in [4.69, 9.17) is 5.11 Å². The van der Waals surface area contributed by atoms with E-state index in [0.29, 0.717) is 18.7 Å². The lowest BCUT2D eigenvalue weighted by atomic mass is 10.2. The lowest BCUT2D eigenvalue weighted by Gasteiger charge is -2.16. The fourth-order valence-corrected chi connectivity index (χ4v) is 1.76. The van der Waals surface area contributed by atoms with Crippen molar-refractivity contribution in [3.8, 4) is 5.75 Å². The van der Waals surface area contributed by atoms with Crippen molar-refractivity contribution in [2.24, 2.45) is 0 Å². The molecule has 0 saturated carbocycles. The Balaban J connectivity index is 1.99. The van der Waals surface area contributed by atoms with Gasteiger partial charge in [-0.05, 0) is 25.2 Å². The molecule has 18 heavy (non-hydrogen) atoms. The van der Waals surface area contributed by atoms with Crippen LogP contribution in [0.1, 0.15) is 11.3 Å². The number of hydrogen-bond donors (Lipinski definition) is 1. The maximum absolute atomic E-state index is 13.5. The molecule has 4 heteroatoms. The zero-order valence-corrected chi connectivity index (χ0v) is 10.2. The van der Waals surface area contributed by atoms with Gasteiger partial charge in [0.05, 0.1) is 11.9 Å². The molecule has 1 aromatic carbocycles. The Morgan fingerprint density at radius 1 is 1.17 bits per heavy atom. The van der Waals surface area contributed by atoms with Crippen molar-refractivity contribution in [3.05, 3.63) is 59.7 Å².